The van der Waals surface area contributed by atoms with E-state index in [0.717, 1.165) is 32.8 Å². The highest BCUT2D eigenvalue weighted by Gasteiger charge is 2.38. The topological polar surface area (TPSA) is 54.9 Å². The Morgan fingerprint density at radius 2 is 1.75 bits per heavy atom. The third-order valence-electron chi connectivity index (χ3n) is 4.91. The number of hydrogen-bond acceptors (Lipinski definition) is 5. The van der Waals surface area contributed by atoms with Gasteiger partial charge in [-0.1, -0.05) is 52.3 Å². The summed E-state index contributed by atoms with van der Waals surface area (Å²) in [5, 5.41) is 7.26. The van der Waals surface area contributed by atoms with Gasteiger partial charge in [-0.3, -0.25) is 10.3 Å². The Kier molecular flexibility index (Phi) is 4.30. The van der Waals surface area contributed by atoms with Crippen LogP contribution in [0.25, 0.3) is 0 Å². The Balaban J connectivity index is 1.53. The molecule has 3 aromatic rings. The average Bonchev–Trinajstić information content (AvgIpc) is 3.38. The van der Waals surface area contributed by atoms with Gasteiger partial charge < -0.3 is 14.8 Å². The number of benzene rings is 3. The van der Waals surface area contributed by atoms with Crippen molar-refractivity contribution in [1.29, 1.82) is 0 Å². The molecule has 0 radical (unpaired) electrons. The fourth-order valence-corrected chi connectivity index (χ4v) is 3.75. The number of anilines is 1. The van der Waals surface area contributed by atoms with Crippen LogP contribution in [-0.4, -0.2) is 13.0 Å². The second-order valence-corrected chi connectivity index (χ2v) is 7.66. The fraction of sp³-hybridized carbons (Fsp3) is 0.136. The lowest BCUT2D eigenvalue weighted by Crippen LogP contribution is -2.47. The number of nitrogens with zero attached hydrogens (tertiary/aromatic N) is 1. The van der Waals surface area contributed by atoms with Crippen LogP contribution < -0.4 is 20.1 Å². The van der Waals surface area contributed by atoms with Crippen LogP contribution in [0.4, 0.5) is 5.69 Å². The predicted octanol–water partition coefficient (Wildman–Crippen LogP) is 4.82. The standard InChI is InChI=1S/C22H18BrN3O2/c23-17-7-9-18(10-8-17)25-22(16-6-11-19-20(12-16)28-14-27-19)13-24-21(26-22)15-4-2-1-3-5-15/h1-13,21,25-26H,14H2. The van der Waals surface area contributed by atoms with Gasteiger partial charge >= 0.3 is 0 Å². The smallest absolute Gasteiger partial charge is 0.231 e. The van der Waals surface area contributed by atoms with Gasteiger partial charge in [0.15, 0.2) is 17.2 Å². The lowest BCUT2D eigenvalue weighted by Gasteiger charge is -2.31. The molecule has 5 rings (SSSR count). The van der Waals surface area contributed by atoms with Gasteiger partial charge in [-0.15, -0.1) is 0 Å². The third kappa shape index (κ3) is 3.15. The highest BCUT2D eigenvalue weighted by atomic mass is 79.9. The molecule has 0 spiro atoms. The molecule has 28 heavy (non-hydrogen) atoms. The molecule has 2 aliphatic heterocycles. The highest BCUT2D eigenvalue weighted by molar-refractivity contribution is 9.10. The molecule has 0 saturated heterocycles. The molecule has 2 aliphatic rings. The van der Waals surface area contributed by atoms with E-state index in [1.165, 1.54) is 0 Å². The summed E-state index contributed by atoms with van der Waals surface area (Å²) in [5.74, 6) is 1.50. The normalized spacial score (nSPS) is 22.4. The van der Waals surface area contributed by atoms with Gasteiger partial charge in [0.25, 0.3) is 0 Å². The number of fused-ring (bicyclic) bond motifs is 1. The van der Waals surface area contributed by atoms with Crippen molar-refractivity contribution in [3.05, 3.63) is 88.4 Å². The molecule has 2 heterocycles. The van der Waals surface area contributed by atoms with Gasteiger partial charge in [0.2, 0.25) is 6.79 Å². The van der Waals surface area contributed by atoms with E-state index in [4.69, 9.17) is 14.5 Å². The first-order valence-corrected chi connectivity index (χ1v) is 9.82. The van der Waals surface area contributed by atoms with Crippen LogP contribution in [0.2, 0.25) is 0 Å². The van der Waals surface area contributed by atoms with E-state index in [1.807, 2.05) is 66.9 Å². The Bertz CT molecular complexity index is 1020. The summed E-state index contributed by atoms with van der Waals surface area (Å²) in [7, 11) is 0. The summed E-state index contributed by atoms with van der Waals surface area (Å²) >= 11 is 3.49. The first kappa shape index (κ1) is 17.3. The SMILES string of the molecule is Brc1ccc(NC2(c3ccc4c(c3)OCO4)C=NC(c3ccccc3)N2)cc1. The molecule has 2 unspecified atom stereocenters. The van der Waals surface area contributed by atoms with Crippen molar-refractivity contribution in [2.45, 2.75) is 11.8 Å². The molecular weight excluding hydrogens is 418 g/mol. The monoisotopic (exact) mass is 435 g/mol. The molecule has 0 aromatic heterocycles. The fourth-order valence-electron chi connectivity index (χ4n) is 3.48. The van der Waals surface area contributed by atoms with Gasteiger partial charge in [0, 0.05) is 21.9 Å². The van der Waals surface area contributed by atoms with Crippen LogP contribution in [0.5, 0.6) is 11.5 Å². The number of nitrogens with one attached hydrogen (secondary N) is 2. The molecule has 2 N–H and O–H groups in total. The summed E-state index contributed by atoms with van der Waals surface area (Å²) in [6, 6.07) is 24.3. The van der Waals surface area contributed by atoms with Crippen molar-refractivity contribution in [2.75, 3.05) is 12.1 Å². The summed E-state index contributed by atoms with van der Waals surface area (Å²) in [6.07, 6.45) is 1.79. The summed E-state index contributed by atoms with van der Waals surface area (Å²) in [4.78, 5) is 4.76. The largest absolute Gasteiger partial charge is 0.454 e. The Morgan fingerprint density at radius 1 is 0.964 bits per heavy atom. The second kappa shape index (κ2) is 6.96. The average molecular weight is 436 g/mol. The maximum atomic E-state index is 5.59. The maximum absolute atomic E-state index is 5.59. The third-order valence-corrected chi connectivity index (χ3v) is 5.44. The van der Waals surface area contributed by atoms with E-state index in [0.29, 0.717) is 0 Å². The van der Waals surface area contributed by atoms with Crippen molar-refractivity contribution in [3.63, 3.8) is 0 Å². The molecule has 6 heteroatoms. The Morgan fingerprint density at radius 3 is 2.57 bits per heavy atom. The molecule has 0 saturated carbocycles. The van der Waals surface area contributed by atoms with E-state index in [-0.39, 0.29) is 13.0 Å². The van der Waals surface area contributed by atoms with E-state index in [9.17, 15) is 0 Å². The van der Waals surface area contributed by atoms with Gasteiger partial charge in [0.05, 0.1) is 0 Å². The molecule has 140 valence electrons. The molecule has 5 nitrogen and oxygen atoms in total. The molecule has 0 bridgehead atoms. The number of ether oxygens (including phenoxy) is 2. The van der Waals surface area contributed by atoms with Crippen LogP contribution in [0.3, 0.4) is 0 Å². The molecule has 0 fully saturated rings. The van der Waals surface area contributed by atoms with Crippen molar-refractivity contribution >= 4 is 27.8 Å². The first-order chi connectivity index (χ1) is 13.7. The van der Waals surface area contributed by atoms with Crippen LogP contribution >= 0.6 is 15.9 Å². The number of aliphatic imine (C=N–C) groups is 1. The highest BCUT2D eigenvalue weighted by Crippen LogP contribution is 2.38. The van der Waals surface area contributed by atoms with Gasteiger partial charge in [0.1, 0.15) is 6.17 Å². The van der Waals surface area contributed by atoms with Crippen LogP contribution in [0, 0.1) is 0 Å². The minimum absolute atomic E-state index is 0.144. The number of halogens is 1. The number of hydrogen-bond donors (Lipinski definition) is 2. The van der Waals surface area contributed by atoms with E-state index in [1.54, 1.807) is 0 Å². The Hall–Kier alpha value is -2.83. The van der Waals surface area contributed by atoms with Crippen molar-refractivity contribution in [2.24, 2.45) is 4.99 Å². The van der Waals surface area contributed by atoms with Crippen LogP contribution in [-0.2, 0) is 5.66 Å². The van der Waals surface area contributed by atoms with Crippen LogP contribution in [0.1, 0.15) is 17.3 Å². The van der Waals surface area contributed by atoms with Crippen molar-refractivity contribution < 1.29 is 9.47 Å². The maximum Gasteiger partial charge on any atom is 0.231 e. The Labute approximate surface area is 171 Å². The quantitative estimate of drug-likeness (QED) is 0.616. The minimum atomic E-state index is -0.671. The lowest BCUT2D eigenvalue weighted by atomic mass is 9.99. The predicted molar refractivity (Wildman–Crippen MR) is 113 cm³/mol. The summed E-state index contributed by atoms with van der Waals surface area (Å²) in [6.45, 7) is 0.250. The van der Waals surface area contributed by atoms with E-state index >= 15 is 0 Å². The molecule has 0 aliphatic carbocycles. The summed E-state index contributed by atoms with van der Waals surface area (Å²) < 4.78 is 12.1. The lowest BCUT2D eigenvalue weighted by molar-refractivity contribution is 0.174. The first-order valence-electron chi connectivity index (χ1n) is 9.03. The minimum Gasteiger partial charge on any atom is -0.454 e. The van der Waals surface area contributed by atoms with Gasteiger partial charge in [-0.25, -0.2) is 0 Å². The zero-order valence-electron chi connectivity index (χ0n) is 14.9. The van der Waals surface area contributed by atoms with Crippen LogP contribution in [0.15, 0.2) is 82.3 Å². The van der Waals surface area contributed by atoms with E-state index in [2.05, 4.69) is 38.7 Å². The zero-order valence-corrected chi connectivity index (χ0v) is 16.5. The zero-order chi connectivity index (χ0) is 19.0. The van der Waals surface area contributed by atoms with E-state index < -0.39 is 5.66 Å². The molecule has 2 atom stereocenters. The van der Waals surface area contributed by atoms with Gasteiger partial charge in [-0.2, -0.15) is 0 Å². The summed E-state index contributed by atoms with van der Waals surface area (Å²) in [5.41, 5.74) is 2.42. The molecule has 0 amide bonds. The molecule has 3 aromatic carbocycles. The van der Waals surface area contributed by atoms with Crippen molar-refractivity contribution in [3.8, 4) is 11.5 Å². The second-order valence-electron chi connectivity index (χ2n) is 6.74. The molecular formula is C22H18BrN3O2. The van der Waals surface area contributed by atoms with Crippen molar-refractivity contribution in [1.82, 2.24) is 5.32 Å². The number of rotatable bonds is 4. The van der Waals surface area contributed by atoms with Gasteiger partial charge in [-0.05, 0) is 42.0 Å².